The Morgan fingerprint density at radius 1 is 1.28 bits per heavy atom. The average molecular weight is 452 g/mol. The number of rotatable bonds is 7. The van der Waals surface area contributed by atoms with Gasteiger partial charge in [0.15, 0.2) is 0 Å². The number of aryl methyl sites for hydroxylation is 2. The molecule has 0 aliphatic heterocycles. The normalized spacial score (nSPS) is 11.4. The van der Waals surface area contributed by atoms with Gasteiger partial charge in [-0.1, -0.05) is 42.8 Å². The summed E-state index contributed by atoms with van der Waals surface area (Å²) >= 11 is 1.33. The first-order chi connectivity index (χ1) is 15.3. The van der Waals surface area contributed by atoms with Crippen LogP contribution in [0.2, 0.25) is 0 Å². The highest BCUT2D eigenvalue weighted by molar-refractivity contribution is 7.22. The van der Waals surface area contributed by atoms with Crippen molar-refractivity contribution >= 4 is 27.5 Å². The molecule has 1 aromatic carbocycles. The lowest BCUT2D eigenvalue weighted by Gasteiger charge is -2.08. The highest BCUT2D eigenvalue weighted by Crippen LogP contribution is 2.35. The van der Waals surface area contributed by atoms with Gasteiger partial charge in [-0.2, -0.15) is 4.98 Å². The van der Waals surface area contributed by atoms with Crippen molar-refractivity contribution in [1.29, 1.82) is 0 Å². The van der Waals surface area contributed by atoms with Crippen molar-refractivity contribution in [3.05, 3.63) is 52.1 Å². The summed E-state index contributed by atoms with van der Waals surface area (Å²) in [5.74, 6) is 1.13. The van der Waals surface area contributed by atoms with Crippen molar-refractivity contribution in [2.75, 3.05) is 6.54 Å². The summed E-state index contributed by atoms with van der Waals surface area (Å²) in [5, 5.41) is 7.42. The SMILES string of the molecule is Cc1cccc(-c2noc(-c3sc4ncn(CC(=O)NCCC(C)C)c(=O)c4c3C)n2)c1. The second-order valence-corrected chi connectivity index (χ2v) is 9.24. The largest absolute Gasteiger partial charge is 0.355 e. The zero-order valence-corrected chi connectivity index (χ0v) is 19.3. The van der Waals surface area contributed by atoms with E-state index in [1.165, 1.54) is 22.2 Å². The van der Waals surface area contributed by atoms with E-state index in [0.29, 0.717) is 39.3 Å². The van der Waals surface area contributed by atoms with E-state index in [-0.39, 0.29) is 18.0 Å². The van der Waals surface area contributed by atoms with Gasteiger partial charge in [-0.05, 0) is 37.8 Å². The second-order valence-electron chi connectivity index (χ2n) is 8.24. The highest BCUT2D eigenvalue weighted by atomic mass is 32.1. The number of thiophene rings is 1. The molecule has 4 aromatic rings. The number of fused-ring (bicyclic) bond motifs is 1. The fourth-order valence-corrected chi connectivity index (χ4v) is 4.46. The Kier molecular flexibility index (Phi) is 6.18. The number of benzene rings is 1. The summed E-state index contributed by atoms with van der Waals surface area (Å²) in [7, 11) is 0. The van der Waals surface area contributed by atoms with Gasteiger partial charge in [0, 0.05) is 12.1 Å². The number of amides is 1. The molecule has 0 bridgehead atoms. The van der Waals surface area contributed by atoms with Crippen molar-refractivity contribution in [2.24, 2.45) is 5.92 Å². The topological polar surface area (TPSA) is 103 Å². The Hall–Kier alpha value is -3.33. The molecule has 0 unspecified atom stereocenters. The van der Waals surface area contributed by atoms with Gasteiger partial charge in [-0.15, -0.1) is 11.3 Å². The predicted molar refractivity (Wildman–Crippen MR) is 125 cm³/mol. The van der Waals surface area contributed by atoms with Crippen LogP contribution in [-0.4, -0.2) is 32.1 Å². The lowest BCUT2D eigenvalue weighted by atomic mass is 10.1. The molecule has 8 nitrogen and oxygen atoms in total. The van der Waals surface area contributed by atoms with Crippen molar-refractivity contribution in [3.63, 3.8) is 0 Å². The van der Waals surface area contributed by atoms with Gasteiger partial charge in [-0.25, -0.2) is 4.98 Å². The van der Waals surface area contributed by atoms with E-state index < -0.39 is 0 Å². The summed E-state index contributed by atoms with van der Waals surface area (Å²) in [4.78, 5) is 35.5. The number of carbonyl (C=O) groups is 1. The third kappa shape index (κ3) is 4.47. The quantitative estimate of drug-likeness (QED) is 0.456. The lowest BCUT2D eigenvalue weighted by molar-refractivity contribution is -0.121. The van der Waals surface area contributed by atoms with Crippen LogP contribution >= 0.6 is 11.3 Å². The fourth-order valence-electron chi connectivity index (χ4n) is 3.40. The van der Waals surface area contributed by atoms with Gasteiger partial charge < -0.3 is 9.84 Å². The molecule has 4 rings (SSSR count). The molecule has 0 fully saturated rings. The molecule has 1 N–H and O–H groups in total. The standard InChI is InChI=1S/C23H25N5O3S/c1-13(2)8-9-24-17(29)11-28-12-25-22-18(23(28)30)15(4)19(32-22)21-26-20(27-31-21)16-7-5-6-14(3)10-16/h5-7,10,12-13H,8-9,11H2,1-4H3,(H,24,29). The molecule has 0 saturated heterocycles. The van der Waals surface area contributed by atoms with E-state index in [0.717, 1.165) is 23.1 Å². The Morgan fingerprint density at radius 3 is 2.84 bits per heavy atom. The van der Waals surface area contributed by atoms with Crippen LogP contribution < -0.4 is 10.9 Å². The van der Waals surface area contributed by atoms with Crippen LogP contribution in [-0.2, 0) is 11.3 Å². The molecule has 0 aliphatic carbocycles. The van der Waals surface area contributed by atoms with Crippen LogP contribution in [0, 0.1) is 19.8 Å². The minimum absolute atomic E-state index is 0.0669. The Bertz CT molecular complexity index is 1340. The van der Waals surface area contributed by atoms with E-state index >= 15 is 0 Å². The Balaban J connectivity index is 1.62. The molecular formula is C23H25N5O3S. The molecule has 32 heavy (non-hydrogen) atoms. The minimum Gasteiger partial charge on any atom is -0.355 e. The van der Waals surface area contributed by atoms with Gasteiger partial charge in [0.25, 0.3) is 11.4 Å². The van der Waals surface area contributed by atoms with Crippen molar-refractivity contribution in [3.8, 4) is 22.2 Å². The molecular weight excluding hydrogens is 426 g/mol. The molecule has 0 spiro atoms. The van der Waals surface area contributed by atoms with Gasteiger partial charge in [0.05, 0.1) is 16.6 Å². The molecule has 1 amide bonds. The lowest BCUT2D eigenvalue weighted by Crippen LogP contribution is -2.33. The van der Waals surface area contributed by atoms with Gasteiger partial charge >= 0.3 is 0 Å². The van der Waals surface area contributed by atoms with Crippen LogP contribution in [0.3, 0.4) is 0 Å². The Labute approximate surface area is 189 Å². The first-order valence-corrected chi connectivity index (χ1v) is 11.3. The molecule has 0 atom stereocenters. The van der Waals surface area contributed by atoms with Crippen LogP contribution in [0.5, 0.6) is 0 Å². The van der Waals surface area contributed by atoms with Gasteiger partial charge in [0.1, 0.15) is 11.4 Å². The summed E-state index contributed by atoms with van der Waals surface area (Å²) in [6.45, 7) is 8.55. The first-order valence-electron chi connectivity index (χ1n) is 10.5. The number of hydrogen-bond donors (Lipinski definition) is 1. The summed E-state index contributed by atoms with van der Waals surface area (Å²) < 4.78 is 6.84. The summed E-state index contributed by atoms with van der Waals surface area (Å²) in [5.41, 5.74) is 2.43. The third-order valence-electron chi connectivity index (χ3n) is 5.17. The number of nitrogens with one attached hydrogen (secondary N) is 1. The first kappa shape index (κ1) is 21.9. The van der Waals surface area contributed by atoms with Crippen molar-refractivity contribution in [1.82, 2.24) is 25.0 Å². The van der Waals surface area contributed by atoms with E-state index in [1.807, 2.05) is 38.1 Å². The van der Waals surface area contributed by atoms with E-state index in [9.17, 15) is 9.59 Å². The molecule has 0 radical (unpaired) electrons. The number of hydrogen-bond acceptors (Lipinski definition) is 7. The zero-order chi connectivity index (χ0) is 22.8. The molecule has 3 aromatic heterocycles. The fraction of sp³-hybridized carbons (Fsp3) is 0.348. The van der Waals surface area contributed by atoms with Crippen LogP contribution in [0.15, 0.2) is 39.9 Å². The maximum Gasteiger partial charge on any atom is 0.268 e. The number of carbonyl (C=O) groups excluding carboxylic acids is 1. The van der Waals surface area contributed by atoms with Gasteiger partial charge in [-0.3, -0.25) is 14.2 Å². The van der Waals surface area contributed by atoms with Crippen LogP contribution in [0.4, 0.5) is 0 Å². The minimum atomic E-state index is -0.257. The summed E-state index contributed by atoms with van der Waals surface area (Å²) in [6, 6.07) is 7.85. The van der Waals surface area contributed by atoms with Gasteiger partial charge in [0.2, 0.25) is 11.7 Å². The number of nitrogens with zero attached hydrogens (tertiary/aromatic N) is 4. The highest BCUT2D eigenvalue weighted by Gasteiger charge is 2.21. The van der Waals surface area contributed by atoms with Crippen molar-refractivity contribution < 1.29 is 9.32 Å². The molecule has 0 saturated carbocycles. The molecule has 0 aliphatic rings. The number of aromatic nitrogens is 4. The average Bonchev–Trinajstić information content (AvgIpc) is 3.35. The Morgan fingerprint density at radius 2 is 2.09 bits per heavy atom. The van der Waals surface area contributed by atoms with Crippen LogP contribution in [0.1, 0.15) is 31.4 Å². The molecule has 9 heteroatoms. The zero-order valence-electron chi connectivity index (χ0n) is 18.5. The second kappa shape index (κ2) is 9.04. The van der Waals surface area contributed by atoms with Crippen molar-refractivity contribution in [2.45, 2.75) is 40.7 Å². The van der Waals surface area contributed by atoms with Crippen LogP contribution in [0.25, 0.3) is 32.4 Å². The third-order valence-corrected chi connectivity index (χ3v) is 6.36. The monoisotopic (exact) mass is 451 g/mol. The smallest absolute Gasteiger partial charge is 0.268 e. The maximum absolute atomic E-state index is 13.1. The molecule has 166 valence electrons. The van der Waals surface area contributed by atoms with E-state index in [4.69, 9.17) is 4.52 Å². The van der Waals surface area contributed by atoms with E-state index in [2.05, 4.69) is 34.3 Å². The van der Waals surface area contributed by atoms with E-state index in [1.54, 1.807) is 0 Å². The maximum atomic E-state index is 13.1. The predicted octanol–water partition coefficient (Wildman–Crippen LogP) is 3.95. The summed E-state index contributed by atoms with van der Waals surface area (Å²) in [6.07, 6.45) is 2.30. The molecule has 3 heterocycles.